The van der Waals surface area contributed by atoms with Gasteiger partial charge in [0, 0.05) is 29.7 Å². The molecule has 0 N–H and O–H groups in total. The Morgan fingerprint density at radius 1 is 0.781 bits per heavy atom. The van der Waals surface area contributed by atoms with Crippen molar-refractivity contribution in [2.75, 3.05) is 24.3 Å². The van der Waals surface area contributed by atoms with Gasteiger partial charge < -0.3 is 14.4 Å². The van der Waals surface area contributed by atoms with Gasteiger partial charge in [-0.1, -0.05) is 72.8 Å². The van der Waals surface area contributed by atoms with Crippen LogP contribution in [0.2, 0.25) is 0 Å². The van der Waals surface area contributed by atoms with Gasteiger partial charge in [-0.2, -0.15) is 0 Å². The van der Waals surface area contributed by atoms with Crippen LogP contribution in [0.4, 0.5) is 5.69 Å². The van der Waals surface area contributed by atoms with Gasteiger partial charge in [0.1, 0.15) is 0 Å². The van der Waals surface area contributed by atoms with Crippen molar-refractivity contribution in [3.8, 4) is 0 Å². The highest BCUT2D eigenvalue weighted by atomic mass is 31.2. The van der Waals surface area contributed by atoms with Gasteiger partial charge in [0.05, 0.1) is 17.5 Å². The van der Waals surface area contributed by atoms with Crippen LogP contribution in [-0.2, 0) is 4.57 Å². The summed E-state index contributed by atoms with van der Waals surface area (Å²) in [6.45, 7) is 9.44. The highest BCUT2D eigenvalue weighted by Crippen LogP contribution is 2.45. The monoisotopic (exact) mass is 448 g/mol. The van der Waals surface area contributed by atoms with Gasteiger partial charge in [-0.05, 0) is 39.8 Å². The Hall–Kier alpha value is -2.84. The summed E-state index contributed by atoms with van der Waals surface area (Å²) in [7, 11) is -2.99. The number of hydrogen-bond acceptors (Lipinski definition) is 3. The maximum atomic E-state index is 14.7. The molecule has 4 nitrogen and oxygen atoms in total. The van der Waals surface area contributed by atoms with Crippen molar-refractivity contribution >= 4 is 29.3 Å². The molecule has 0 saturated heterocycles. The van der Waals surface area contributed by atoms with E-state index in [1.54, 1.807) is 0 Å². The Morgan fingerprint density at radius 2 is 1.25 bits per heavy atom. The Balaban J connectivity index is 2.12. The fraction of sp³-hybridized carbons (Fsp3) is 0.296. The first-order chi connectivity index (χ1) is 15.4. The van der Waals surface area contributed by atoms with Gasteiger partial charge in [0.25, 0.3) is 5.91 Å². The lowest BCUT2D eigenvalue weighted by Gasteiger charge is -2.35. The lowest BCUT2D eigenvalue weighted by atomic mass is 10.1. The van der Waals surface area contributed by atoms with E-state index in [0.29, 0.717) is 24.9 Å². The number of carbonyl (C=O) groups is 1. The van der Waals surface area contributed by atoms with Crippen molar-refractivity contribution in [1.82, 2.24) is 4.90 Å². The van der Waals surface area contributed by atoms with Crippen molar-refractivity contribution in [1.29, 1.82) is 0 Å². The fourth-order valence-corrected chi connectivity index (χ4v) is 6.81. The molecular weight excluding hydrogens is 415 g/mol. The first kappa shape index (κ1) is 23.8. The second-order valence-corrected chi connectivity index (χ2v) is 10.9. The molecule has 5 heteroatoms. The standard InChI is InChI=1S/C27H33N2O2P/c1-5-28(6-2)27(30)25-19-13-14-20-26(25)29(22(3)4)21-32(31,23-15-9-7-10-16-23)24-17-11-8-12-18-24/h7-20,22H,5-6,21H2,1-4H3. The minimum atomic E-state index is -2.99. The van der Waals surface area contributed by atoms with Crippen molar-refractivity contribution in [2.45, 2.75) is 33.7 Å². The largest absolute Gasteiger partial charge is 0.361 e. The van der Waals surface area contributed by atoms with Gasteiger partial charge in [-0.15, -0.1) is 0 Å². The van der Waals surface area contributed by atoms with E-state index in [9.17, 15) is 9.36 Å². The van der Waals surface area contributed by atoms with Crippen LogP contribution in [0, 0.1) is 0 Å². The van der Waals surface area contributed by atoms with Crippen molar-refractivity contribution in [3.05, 3.63) is 90.5 Å². The summed E-state index contributed by atoms with van der Waals surface area (Å²) >= 11 is 0. The van der Waals surface area contributed by atoms with E-state index in [2.05, 4.69) is 18.7 Å². The molecule has 0 radical (unpaired) electrons. The van der Waals surface area contributed by atoms with E-state index in [1.165, 1.54) is 0 Å². The number of hydrogen-bond donors (Lipinski definition) is 0. The zero-order valence-corrected chi connectivity index (χ0v) is 20.3. The van der Waals surface area contributed by atoms with Crippen LogP contribution in [0.5, 0.6) is 0 Å². The molecular formula is C27H33N2O2P. The number of anilines is 1. The van der Waals surface area contributed by atoms with Gasteiger partial charge in [0.15, 0.2) is 7.14 Å². The Labute approximate surface area is 192 Å². The summed E-state index contributed by atoms with van der Waals surface area (Å²) in [5, 5.41) is 1.65. The smallest absolute Gasteiger partial charge is 0.255 e. The molecule has 0 atom stereocenters. The summed E-state index contributed by atoms with van der Waals surface area (Å²) in [5.74, 6) is 0.00510. The molecule has 0 aliphatic heterocycles. The molecule has 1 amide bonds. The average molecular weight is 449 g/mol. The number of benzene rings is 3. The first-order valence-corrected chi connectivity index (χ1v) is 13.2. The number of rotatable bonds is 9. The minimum Gasteiger partial charge on any atom is -0.361 e. The lowest BCUT2D eigenvalue weighted by molar-refractivity contribution is 0.0773. The van der Waals surface area contributed by atoms with Crippen molar-refractivity contribution in [2.24, 2.45) is 0 Å². The van der Waals surface area contributed by atoms with Crippen LogP contribution in [0.15, 0.2) is 84.9 Å². The van der Waals surface area contributed by atoms with Gasteiger partial charge in [0.2, 0.25) is 0 Å². The van der Waals surface area contributed by atoms with E-state index in [1.807, 2.05) is 104 Å². The predicted octanol–water partition coefficient (Wildman–Crippen LogP) is 5.36. The second kappa shape index (κ2) is 10.7. The Morgan fingerprint density at radius 3 is 1.72 bits per heavy atom. The number of nitrogens with zero attached hydrogens (tertiary/aromatic N) is 2. The normalized spacial score (nSPS) is 11.4. The summed E-state index contributed by atoms with van der Waals surface area (Å²) < 4.78 is 14.7. The third-order valence-electron chi connectivity index (χ3n) is 5.82. The molecule has 0 aromatic heterocycles. The molecule has 32 heavy (non-hydrogen) atoms. The molecule has 0 spiro atoms. The van der Waals surface area contributed by atoms with Crippen LogP contribution >= 0.6 is 7.14 Å². The average Bonchev–Trinajstić information content (AvgIpc) is 2.84. The van der Waals surface area contributed by atoms with E-state index >= 15 is 0 Å². The topological polar surface area (TPSA) is 40.6 Å². The predicted molar refractivity (Wildman–Crippen MR) is 136 cm³/mol. The number of amides is 1. The second-order valence-electron chi connectivity index (χ2n) is 8.11. The fourth-order valence-electron chi connectivity index (χ4n) is 3.97. The SMILES string of the molecule is CCN(CC)C(=O)c1ccccc1N(CP(=O)(c1ccccc1)c1ccccc1)C(C)C. The molecule has 0 saturated carbocycles. The van der Waals surface area contributed by atoms with E-state index in [-0.39, 0.29) is 11.9 Å². The molecule has 0 heterocycles. The maximum absolute atomic E-state index is 14.7. The van der Waals surface area contributed by atoms with Crippen LogP contribution in [-0.4, -0.2) is 36.2 Å². The molecule has 0 aliphatic rings. The third kappa shape index (κ3) is 4.97. The van der Waals surface area contributed by atoms with Crippen LogP contribution in [0.1, 0.15) is 38.1 Å². The molecule has 3 rings (SSSR count). The third-order valence-corrected chi connectivity index (χ3v) is 8.78. The number of carbonyl (C=O) groups excluding carboxylic acids is 1. The quantitative estimate of drug-likeness (QED) is 0.414. The zero-order valence-electron chi connectivity index (χ0n) is 19.4. The van der Waals surface area contributed by atoms with Crippen LogP contribution < -0.4 is 15.5 Å². The highest BCUT2D eigenvalue weighted by Gasteiger charge is 2.32. The number of para-hydroxylation sites is 1. The highest BCUT2D eigenvalue weighted by molar-refractivity contribution is 7.78. The van der Waals surface area contributed by atoms with E-state index < -0.39 is 7.14 Å². The molecule has 168 valence electrons. The summed E-state index contributed by atoms with van der Waals surface area (Å²) in [4.78, 5) is 17.2. The summed E-state index contributed by atoms with van der Waals surface area (Å²) in [6.07, 6.45) is 0.321. The minimum absolute atomic E-state index is 0.00510. The molecule has 0 bridgehead atoms. The maximum Gasteiger partial charge on any atom is 0.255 e. The van der Waals surface area contributed by atoms with Crippen LogP contribution in [0.25, 0.3) is 0 Å². The first-order valence-electron chi connectivity index (χ1n) is 11.3. The molecule has 0 unspecified atom stereocenters. The van der Waals surface area contributed by atoms with Crippen molar-refractivity contribution < 1.29 is 9.36 Å². The summed E-state index contributed by atoms with van der Waals surface area (Å²) in [6, 6.07) is 27.1. The van der Waals surface area contributed by atoms with E-state index in [4.69, 9.17) is 0 Å². The molecule has 0 aliphatic carbocycles. The van der Waals surface area contributed by atoms with Crippen LogP contribution in [0.3, 0.4) is 0 Å². The lowest BCUT2D eigenvalue weighted by Crippen LogP contribution is -2.38. The summed E-state index contributed by atoms with van der Waals surface area (Å²) in [5.41, 5.74) is 1.48. The Kier molecular flexibility index (Phi) is 7.93. The van der Waals surface area contributed by atoms with E-state index in [0.717, 1.165) is 16.3 Å². The van der Waals surface area contributed by atoms with Gasteiger partial charge >= 0.3 is 0 Å². The van der Waals surface area contributed by atoms with Crippen molar-refractivity contribution in [3.63, 3.8) is 0 Å². The molecule has 0 fully saturated rings. The van der Waals surface area contributed by atoms with Gasteiger partial charge in [-0.25, -0.2) is 0 Å². The molecule has 3 aromatic rings. The Bertz CT molecular complexity index is 1020. The van der Waals surface area contributed by atoms with Gasteiger partial charge in [-0.3, -0.25) is 4.79 Å². The zero-order chi connectivity index (χ0) is 23.1. The molecule has 3 aromatic carbocycles.